The Hall–Kier alpha value is -2.96. The van der Waals surface area contributed by atoms with Gasteiger partial charge < -0.3 is 11.1 Å². The highest BCUT2D eigenvalue weighted by Gasteiger charge is 2.16. The second kappa shape index (κ2) is 6.00. The summed E-state index contributed by atoms with van der Waals surface area (Å²) >= 11 is 0. The van der Waals surface area contributed by atoms with Crippen molar-refractivity contribution in [1.82, 2.24) is 5.32 Å². The van der Waals surface area contributed by atoms with Crippen LogP contribution in [0.25, 0.3) is 0 Å². The van der Waals surface area contributed by atoms with E-state index in [4.69, 9.17) is 5.73 Å². The van der Waals surface area contributed by atoms with Gasteiger partial charge in [0.1, 0.15) is 5.82 Å². The first kappa shape index (κ1) is 14.4. The van der Waals surface area contributed by atoms with Crippen molar-refractivity contribution in [2.75, 3.05) is 5.73 Å². The van der Waals surface area contributed by atoms with Crippen molar-refractivity contribution in [2.45, 2.75) is 6.54 Å². The van der Waals surface area contributed by atoms with E-state index < -0.39 is 16.6 Å². The number of nitrogens with zero attached hydrogens (tertiary/aromatic N) is 1. The van der Waals surface area contributed by atoms with Crippen molar-refractivity contribution in [1.29, 1.82) is 0 Å². The number of non-ortho nitro benzene ring substituents is 1. The normalized spacial score (nSPS) is 10.1. The van der Waals surface area contributed by atoms with Gasteiger partial charge in [0.25, 0.3) is 11.6 Å². The first-order valence-electron chi connectivity index (χ1n) is 6.04. The average Bonchev–Trinajstić information content (AvgIpc) is 2.46. The van der Waals surface area contributed by atoms with Gasteiger partial charge in [-0.05, 0) is 23.8 Å². The molecule has 0 aliphatic heterocycles. The van der Waals surface area contributed by atoms with Gasteiger partial charge in [-0.15, -0.1) is 0 Å². The number of nitro benzene ring substituents is 1. The Kier molecular flexibility index (Phi) is 4.13. The molecule has 0 heterocycles. The molecule has 3 N–H and O–H groups in total. The van der Waals surface area contributed by atoms with Gasteiger partial charge in [-0.3, -0.25) is 14.9 Å². The fourth-order valence-electron chi connectivity index (χ4n) is 1.71. The highest BCUT2D eigenvalue weighted by atomic mass is 19.1. The standard InChI is InChI=1S/C14H12FN3O3/c15-13-6-5-11(18(20)21)7-12(13)14(19)17-8-9-1-3-10(16)4-2-9/h1-7H,8,16H2,(H,17,19). The van der Waals surface area contributed by atoms with Crippen LogP contribution < -0.4 is 11.1 Å². The molecule has 2 aromatic carbocycles. The molecule has 108 valence electrons. The van der Waals surface area contributed by atoms with Gasteiger partial charge in [-0.2, -0.15) is 0 Å². The number of hydrogen-bond acceptors (Lipinski definition) is 4. The summed E-state index contributed by atoms with van der Waals surface area (Å²) in [4.78, 5) is 21.8. The third-order valence-electron chi connectivity index (χ3n) is 2.84. The molecule has 0 atom stereocenters. The van der Waals surface area contributed by atoms with Gasteiger partial charge in [-0.25, -0.2) is 4.39 Å². The van der Waals surface area contributed by atoms with Crippen LogP contribution in [0.4, 0.5) is 15.8 Å². The van der Waals surface area contributed by atoms with Crippen LogP contribution >= 0.6 is 0 Å². The molecule has 0 aliphatic carbocycles. The topological polar surface area (TPSA) is 98.3 Å². The van der Waals surface area contributed by atoms with E-state index in [1.54, 1.807) is 24.3 Å². The molecule has 0 unspecified atom stereocenters. The first-order valence-corrected chi connectivity index (χ1v) is 6.04. The second-order valence-electron chi connectivity index (χ2n) is 4.35. The molecule has 1 amide bonds. The van der Waals surface area contributed by atoms with E-state index in [9.17, 15) is 19.3 Å². The minimum Gasteiger partial charge on any atom is -0.399 e. The van der Waals surface area contributed by atoms with Crippen LogP contribution in [0.2, 0.25) is 0 Å². The Labute approximate surface area is 119 Å². The lowest BCUT2D eigenvalue weighted by molar-refractivity contribution is -0.384. The van der Waals surface area contributed by atoms with E-state index in [2.05, 4.69) is 5.32 Å². The molecule has 0 bridgehead atoms. The Bertz CT molecular complexity index is 686. The Morgan fingerprint density at radius 3 is 2.52 bits per heavy atom. The number of nitrogens with one attached hydrogen (secondary N) is 1. The minimum absolute atomic E-state index is 0.168. The molecule has 2 aromatic rings. The summed E-state index contributed by atoms with van der Waals surface area (Å²) < 4.78 is 13.6. The monoisotopic (exact) mass is 289 g/mol. The van der Waals surface area contributed by atoms with Gasteiger partial charge in [0.15, 0.2) is 0 Å². The first-order chi connectivity index (χ1) is 9.97. The van der Waals surface area contributed by atoms with E-state index in [0.717, 1.165) is 23.8 Å². The van der Waals surface area contributed by atoms with Crippen molar-refractivity contribution in [2.24, 2.45) is 0 Å². The summed E-state index contributed by atoms with van der Waals surface area (Å²) in [6.45, 7) is 0.168. The van der Waals surface area contributed by atoms with Crippen molar-refractivity contribution in [3.63, 3.8) is 0 Å². The van der Waals surface area contributed by atoms with Crippen LogP contribution in [-0.2, 0) is 6.54 Å². The number of nitrogens with two attached hydrogens (primary N) is 1. The number of carbonyl (C=O) groups excluding carboxylic acids is 1. The van der Waals surface area contributed by atoms with Crippen molar-refractivity contribution in [3.05, 3.63) is 69.5 Å². The van der Waals surface area contributed by atoms with Crippen LogP contribution in [0, 0.1) is 15.9 Å². The molecule has 0 radical (unpaired) electrons. The molecular formula is C14H12FN3O3. The van der Waals surface area contributed by atoms with Crippen LogP contribution in [0.15, 0.2) is 42.5 Å². The van der Waals surface area contributed by atoms with Gasteiger partial charge in [0.2, 0.25) is 0 Å². The van der Waals surface area contributed by atoms with E-state index in [0.29, 0.717) is 5.69 Å². The largest absolute Gasteiger partial charge is 0.399 e. The molecule has 0 aromatic heterocycles. The molecule has 7 heteroatoms. The number of anilines is 1. The van der Waals surface area contributed by atoms with Crippen molar-refractivity contribution in [3.8, 4) is 0 Å². The SMILES string of the molecule is Nc1ccc(CNC(=O)c2cc([N+](=O)[O-])ccc2F)cc1. The summed E-state index contributed by atoms with van der Waals surface area (Å²) in [5, 5.41) is 13.1. The number of amides is 1. The summed E-state index contributed by atoms with van der Waals surface area (Å²) in [6, 6.07) is 9.61. The van der Waals surface area contributed by atoms with E-state index in [-0.39, 0.29) is 17.8 Å². The van der Waals surface area contributed by atoms with Crippen molar-refractivity contribution < 1.29 is 14.1 Å². The lowest BCUT2D eigenvalue weighted by Crippen LogP contribution is -2.24. The number of rotatable bonds is 4. The fourth-order valence-corrected chi connectivity index (χ4v) is 1.71. The molecule has 0 fully saturated rings. The van der Waals surface area contributed by atoms with Crippen LogP contribution in [0.1, 0.15) is 15.9 Å². The maximum Gasteiger partial charge on any atom is 0.270 e. The van der Waals surface area contributed by atoms with Gasteiger partial charge in [0, 0.05) is 24.4 Å². The number of carbonyl (C=O) groups is 1. The molecule has 0 saturated carbocycles. The zero-order valence-corrected chi connectivity index (χ0v) is 10.9. The molecule has 2 rings (SSSR count). The van der Waals surface area contributed by atoms with Gasteiger partial charge in [0.05, 0.1) is 10.5 Å². The number of nitrogen functional groups attached to an aromatic ring is 1. The Balaban J connectivity index is 2.11. The Morgan fingerprint density at radius 1 is 1.24 bits per heavy atom. The van der Waals surface area contributed by atoms with Crippen LogP contribution in [0.5, 0.6) is 0 Å². The summed E-state index contributed by atoms with van der Waals surface area (Å²) in [6.07, 6.45) is 0. The minimum atomic E-state index is -0.810. The summed E-state index contributed by atoms with van der Waals surface area (Å²) in [7, 11) is 0. The number of nitro groups is 1. The van der Waals surface area contributed by atoms with Crippen LogP contribution in [0.3, 0.4) is 0 Å². The molecule has 0 spiro atoms. The molecule has 0 aliphatic rings. The highest BCUT2D eigenvalue weighted by molar-refractivity contribution is 5.95. The molecular weight excluding hydrogens is 277 g/mol. The zero-order valence-electron chi connectivity index (χ0n) is 10.9. The quantitative estimate of drug-likeness (QED) is 0.512. The predicted octanol–water partition coefficient (Wildman–Crippen LogP) is 2.25. The summed E-state index contributed by atoms with van der Waals surface area (Å²) in [5.41, 5.74) is 6.21. The van der Waals surface area contributed by atoms with Crippen molar-refractivity contribution >= 4 is 17.3 Å². The number of halogens is 1. The molecule has 0 saturated heterocycles. The number of hydrogen-bond donors (Lipinski definition) is 2. The average molecular weight is 289 g/mol. The maximum atomic E-state index is 13.6. The smallest absolute Gasteiger partial charge is 0.270 e. The third-order valence-corrected chi connectivity index (χ3v) is 2.84. The predicted molar refractivity (Wildman–Crippen MR) is 75.1 cm³/mol. The molecule has 6 nitrogen and oxygen atoms in total. The lowest BCUT2D eigenvalue weighted by Gasteiger charge is -2.06. The van der Waals surface area contributed by atoms with E-state index in [1.807, 2.05) is 0 Å². The highest BCUT2D eigenvalue weighted by Crippen LogP contribution is 2.17. The van der Waals surface area contributed by atoms with Crippen LogP contribution in [-0.4, -0.2) is 10.8 Å². The second-order valence-corrected chi connectivity index (χ2v) is 4.35. The number of benzene rings is 2. The maximum absolute atomic E-state index is 13.6. The van der Waals surface area contributed by atoms with E-state index >= 15 is 0 Å². The van der Waals surface area contributed by atoms with E-state index in [1.165, 1.54) is 0 Å². The Morgan fingerprint density at radius 2 is 1.90 bits per heavy atom. The summed E-state index contributed by atoms with van der Waals surface area (Å²) in [5.74, 6) is -1.52. The van der Waals surface area contributed by atoms with Gasteiger partial charge >= 0.3 is 0 Å². The fraction of sp³-hybridized carbons (Fsp3) is 0.0714. The third kappa shape index (κ3) is 3.53. The zero-order chi connectivity index (χ0) is 15.4. The molecule has 21 heavy (non-hydrogen) atoms. The van der Waals surface area contributed by atoms with Gasteiger partial charge in [-0.1, -0.05) is 12.1 Å². The lowest BCUT2D eigenvalue weighted by atomic mass is 10.1.